The maximum Gasteiger partial charge on any atom is 0.114 e. The highest BCUT2D eigenvalue weighted by Gasteiger charge is 2.39. The molecular formula is C25H48O5. The molecule has 0 unspecified atom stereocenters. The number of unbranched alkanes of at least 4 members (excludes halogenated alkanes) is 13. The normalized spacial score (nSPS) is 24.7. The van der Waals surface area contributed by atoms with Gasteiger partial charge in [0, 0.05) is 6.61 Å². The second-order valence-electron chi connectivity index (χ2n) is 8.74. The highest BCUT2D eigenvalue weighted by molar-refractivity contribution is 4.88. The monoisotopic (exact) mass is 428 g/mol. The van der Waals surface area contributed by atoms with Gasteiger partial charge in [-0.1, -0.05) is 89.7 Å². The summed E-state index contributed by atoms with van der Waals surface area (Å²) in [7, 11) is 0. The molecule has 0 aromatic rings. The fourth-order valence-corrected chi connectivity index (χ4v) is 3.98. The van der Waals surface area contributed by atoms with Crippen LogP contribution in [0.5, 0.6) is 0 Å². The van der Waals surface area contributed by atoms with E-state index in [-0.39, 0.29) is 13.2 Å². The zero-order valence-electron chi connectivity index (χ0n) is 19.4. The van der Waals surface area contributed by atoms with Crippen molar-refractivity contribution in [3.8, 4) is 0 Å². The third-order valence-corrected chi connectivity index (χ3v) is 5.97. The third kappa shape index (κ3) is 13.1. The van der Waals surface area contributed by atoms with E-state index in [0.717, 1.165) is 19.3 Å². The summed E-state index contributed by atoms with van der Waals surface area (Å²) in [5.74, 6) is 0. The minimum atomic E-state index is -1.00. The quantitative estimate of drug-likeness (QED) is 0.201. The van der Waals surface area contributed by atoms with Crippen LogP contribution in [0.25, 0.3) is 0 Å². The maximum atomic E-state index is 10.0. The van der Waals surface area contributed by atoms with Crippen molar-refractivity contribution in [2.75, 3.05) is 19.8 Å². The number of ether oxygens (including phenoxy) is 2. The first-order valence-corrected chi connectivity index (χ1v) is 12.6. The summed E-state index contributed by atoms with van der Waals surface area (Å²) < 4.78 is 11.0. The van der Waals surface area contributed by atoms with E-state index in [9.17, 15) is 15.3 Å². The molecule has 0 aromatic carbocycles. The van der Waals surface area contributed by atoms with Crippen LogP contribution in [0.1, 0.15) is 103 Å². The van der Waals surface area contributed by atoms with Crippen LogP contribution in [-0.2, 0) is 9.47 Å². The Morgan fingerprint density at radius 1 is 0.800 bits per heavy atom. The van der Waals surface area contributed by atoms with Crippen LogP contribution in [0.2, 0.25) is 0 Å². The van der Waals surface area contributed by atoms with Crippen molar-refractivity contribution in [3.63, 3.8) is 0 Å². The summed E-state index contributed by atoms with van der Waals surface area (Å²) in [5.41, 5.74) is 0. The van der Waals surface area contributed by atoms with Gasteiger partial charge in [-0.25, -0.2) is 0 Å². The number of allylic oxidation sites excluding steroid dienone is 2. The van der Waals surface area contributed by atoms with Gasteiger partial charge in [0.15, 0.2) is 0 Å². The van der Waals surface area contributed by atoms with E-state index >= 15 is 0 Å². The molecule has 1 heterocycles. The minimum absolute atomic E-state index is 0.0358. The Bertz CT molecular complexity index is 399. The standard InChI is InChI=1S/C25H48O5/c1-2-3-4-5-6-7-8-9-10-11-12-13-14-15-16-17-18-19-29-25-23(20-26)30-21-22(27)24(25)28/h15-16,22-28H,2-14,17-21H2,1H3/b16-15+/t22-,23+,24+,25+/m0/s1. The Morgan fingerprint density at radius 2 is 1.33 bits per heavy atom. The Kier molecular flexibility index (Phi) is 17.7. The van der Waals surface area contributed by atoms with Gasteiger partial charge in [0.25, 0.3) is 0 Å². The fourth-order valence-electron chi connectivity index (χ4n) is 3.98. The van der Waals surface area contributed by atoms with Crippen molar-refractivity contribution in [2.45, 2.75) is 128 Å². The SMILES string of the molecule is CCCCCCCCCCCCCC/C=C/CCCO[C@H]1[C@H](O)[C@@H](O)CO[C@@H]1CO. The van der Waals surface area contributed by atoms with E-state index in [0.29, 0.717) is 6.61 Å². The largest absolute Gasteiger partial charge is 0.394 e. The molecule has 0 saturated carbocycles. The lowest BCUT2D eigenvalue weighted by Crippen LogP contribution is -2.55. The van der Waals surface area contributed by atoms with E-state index in [1.165, 1.54) is 77.0 Å². The van der Waals surface area contributed by atoms with E-state index in [2.05, 4.69) is 19.1 Å². The molecule has 4 atom stereocenters. The topological polar surface area (TPSA) is 79.2 Å². The van der Waals surface area contributed by atoms with Gasteiger partial charge in [-0.2, -0.15) is 0 Å². The van der Waals surface area contributed by atoms with Crippen molar-refractivity contribution >= 4 is 0 Å². The Hall–Kier alpha value is -0.460. The zero-order valence-corrected chi connectivity index (χ0v) is 19.4. The van der Waals surface area contributed by atoms with E-state index in [4.69, 9.17) is 9.47 Å². The van der Waals surface area contributed by atoms with E-state index < -0.39 is 24.4 Å². The number of aliphatic hydroxyl groups excluding tert-OH is 3. The molecule has 5 heteroatoms. The van der Waals surface area contributed by atoms with Crippen LogP contribution in [0.3, 0.4) is 0 Å². The lowest BCUT2D eigenvalue weighted by Gasteiger charge is -2.37. The first kappa shape index (κ1) is 27.6. The van der Waals surface area contributed by atoms with Crippen molar-refractivity contribution < 1.29 is 24.8 Å². The van der Waals surface area contributed by atoms with Gasteiger partial charge in [0.2, 0.25) is 0 Å². The second-order valence-corrected chi connectivity index (χ2v) is 8.74. The Labute approximate surface area is 184 Å². The smallest absolute Gasteiger partial charge is 0.114 e. The molecule has 1 aliphatic heterocycles. The van der Waals surface area contributed by atoms with Crippen LogP contribution >= 0.6 is 0 Å². The molecule has 1 rings (SSSR count). The van der Waals surface area contributed by atoms with Crippen molar-refractivity contribution in [1.82, 2.24) is 0 Å². The number of rotatable bonds is 19. The van der Waals surface area contributed by atoms with Gasteiger partial charge >= 0.3 is 0 Å². The summed E-state index contributed by atoms with van der Waals surface area (Å²) in [6.07, 6.45) is 20.8. The van der Waals surface area contributed by atoms with E-state index in [1.54, 1.807) is 0 Å². The molecule has 1 aliphatic rings. The number of aliphatic hydroxyl groups is 3. The third-order valence-electron chi connectivity index (χ3n) is 5.97. The molecule has 178 valence electrons. The minimum Gasteiger partial charge on any atom is -0.394 e. The van der Waals surface area contributed by atoms with Crippen LogP contribution in [0.4, 0.5) is 0 Å². The fraction of sp³-hybridized carbons (Fsp3) is 0.920. The predicted octanol–water partition coefficient (Wildman–Crippen LogP) is 4.91. The molecule has 1 fully saturated rings. The first-order valence-electron chi connectivity index (χ1n) is 12.6. The van der Waals surface area contributed by atoms with Crippen molar-refractivity contribution in [3.05, 3.63) is 12.2 Å². The van der Waals surface area contributed by atoms with Gasteiger partial charge < -0.3 is 24.8 Å². The summed E-state index contributed by atoms with van der Waals surface area (Å²) in [6, 6.07) is 0. The first-order chi connectivity index (χ1) is 14.7. The highest BCUT2D eigenvalue weighted by atomic mass is 16.6. The average molecular weight is 429 g/mol. The molecule has 0 spiro atoms. The molecule has 1 saturated heterocycles. The van der Waals surface area contributed by atoms with Gasteiger partial charge in [-0.05, 0) is 25.7 Å². The second kappa shape index (κ2) is 19.2. The summed E-state index contributed by atoms with van der Waals surface area (Å²) >= 11 is 0. The van der Waals surface area contributed by atoms with Crippen LogP contribution in [0.15, 0.2) is 12.2 Å². The average Bonchev–Trinajstić information content (AvgIpc) is 2.75. The van der Waals surface area contributed by atoms with Crippen molar-refractivity contribution in [2.24, 2.45) is 0 Å². The summed E-state index contributed by atoms with van der Waals surface area (Å²) in [6.45, 7) is 2.58. The molecule has 5 nitrogen and oxygen atoms in total. The lowest BCUT2D eigenvalue weighted by molar-refractivity contribution is -0.211. The summed E-state index contributed by atoms with van der Waals surface area (Å²) in [4.78, 5) is 0. The molecule has 30 heavy (non-hydrogen) atoms. The van der Waals surface area contributed by atoms with E-state index in [1.807, 2.05) is 0 Å². The molecule has 0 aliphatic carbocycles. The Balaban J connectivity index is 1.87. The molecule has 0 amide bonds. The molecule has 0 aromatic heterocycles. The van der Waals surface area contributed by atoms with Crippen LogP contribution in [-0.4, -0.2) is 59.6 Å². The molecule has 3 N–H and O–H groups in total. The Morgan fingerprint density at radius 3 is 1.90 bits per heavy atom. The van der Waals surface area contributed by atoms with Crippen LogP contribution in [0, 0.1) is 0 Å². The van der Waals surface area contributed by atoms with Gasteiger partial charge in [0.05, 0.1) is 13.2 Å². The lowest BCUT2D eigenvalue weighted by atomic mass is 10.0. The molecule has 0 bridgehead atoms. The maximum absolute atomic E-state index is 10.0. The summed E-state index contributed by atoms with van der Waals surface area (Å²) in [5, 5.41) is 29.0. The molecule has 0 radical (unpaired) electrons. The number of hydrogen-bond acceptors (Lipinski definition) is 5. The zero-order chi connectivity index (χ0) is 21.9. The number of hydrogen-bond donors (Lipinski definition) is 3. The highest BCUT2D eigenvalue weighted by Crippen LogP contribution is 2.19. The van der Waals surface area contributed by atoms with Gasteiger partial charge in [-0.3, -0.25) is 0 Å². The predicted molar refractivity (Wildman–Crippen MR) is 123 cm³/mol. The van der Waals surface area contributed by atoms with Gasteiger partial charge in [-0.15, -0.1) is 0 Å². The van der Waals surface area contributed by atoms with Crippen molar-refractivity contribution in [1.29, 1.82) is 0 Å². The van der Waals surface area contributed by atoms with Gasteiger partial charge in [0.1, 0.15) is 24.4 Å². The molecular weight excluding hydrogens is 380 g/mol. The van der Waals surface area contributed by atoms with Crippen LogP contribution < -0.4 is 0 Å².